The summed E-state index contributed by atoms with van der Waals surface area (Å²) in [5.74, 6) is 0. The molecule has 94 valence electrons. The molecule has 1 aliphatic rings. The van der Waals surface area contributed by atoms with E-state index < -0.39 is 0 Å². The second-order valence-corrected chi connectivity index (χ2v) is 4.93. The maximum atomic E-state index is 5.82. The number of nitrogens with zero attached hydrogens (tertiary/aromatic N) is 3. The average molecular weight is 242 g/mol. The molecule has 18 heavy (non-hydrogen) atoms. The summed E-state index contributed by atoms with van der Waals surface area (Å²) in [4.78, 5) is 2.46. The van der Waals surface area contributed by atoms with Crippen LogP contribution < -0.4 is 5.73 Å². The Kier molecular flexibility index (Phi) is 2.80. The van der Waals surface area contributed by atoms with Gasteiger partial charge >= 0.3 is 0 Å². The van der Waals surface area contributed by atoms with Gasteiger partial charge in [0, 0.05) is 50.7 Å². The monoisotopic (exact) mass is 242 g/mol. The Balaban J connectivity index is 1.63. The van der Waals surface area contributed by atoms with E-state index in [4.69, 9.17) is 5.73 Å². The van der Waals surface area contributed by atoms with E-state index in [9.17, 15) is 0 Å². The van der Waals surface area contributed by atoms with E-state index in [1.807, 2.05) is 24.0 Å². The van der Waals surface area contributed by atoms with Gasteiger partial charge < -0.3 is 5.73 Å². The fraction of sp³-hybridized carbons (Fsp3) is 0.357. The Morgan fingerprint density at radius 3 is 2.83 bits per heavy atom. The summed E-state index contributed by atoms with van der Waals surface area (Å²) in [6.45, 7) is 3.11. The van der Waals surface area contributed by atoms with E-state index in [1.54, 1.807) is 0 Å². The third kappa shape index (κ3) is 2.11. The van der Waals surface area contributed by atoms with Crippen molar-refractivity contribution in [1.29, 1.82) is 0 Å². The maximum absolute atomic E-state index is 5.82. The van der Waals surface area contributed by atoms with Crippen molar-refractivity contribution in [2.75, 3.05) is 12.3 Å². The second-order valence-electron chi connectivity index (χ2n) is 4.93. The van der Waals surface area contributed by atoms with Crippen molar-refractivity contribution in [3.05, 3.63) is 47.3 Å². The number of aromatic nitrogens is 2. The van der Waals surface area contributed by atoms with Crippen LogP contribution in [0.3, 0.4) is 0 Å². The van der Waals surface area contributed by atoms with E-state index in [0.717, 1.165) is 31.7 Å². The van der Waals surface area contributed by atoms with Crippen LogP contribution in [0.15, 0.2) is 30.5 Å². The predicted octanol–water partition coefficient (Wildman–Crippen LogP) is 1.56. The number of aryl methyl sites for hydroxylation is 1. The normalized spacial score (nSPS) is 14.9. The molecule has 0 atom stereocenters. The van der Waals surface area contributed by atoms with Crippen molar-refractivity contribution in [3.8, 4) is 0 Å². The molecule has 0 saturated heterocycles. The minimum absolute atomic E-state index is 0.863. The Bertz CT molecular complexity index is 559. The van der Waals surface area contributed by atoms with Crippen LogP contribution in [0.1, 0.15) is 16.8 Å². The molecule has 0 unspecified atom stereocenters. The van der Waals surface area contributed by atoms with Gasteiger partial charge in [0.25, 0.3) is 0 Å². The van der Waals surface area contributed by atoms with Crippen LogP contribution in [0.25, 0.3) is 0 Å². The Morgan fingerprint density at radius 1 is 1.22 bits per heavy atom. The third-order valence-electron chi connectivity index (χ3n) is 3.62. The van der Waals surface area contributed by atoms with Crippen LogP contribution in [-0.4, -0.2) is 21.2 Å². The highest BCUT2D eigenvalue weighted by Crippen LogP contribution is 2.24. The minimum atomic E-state index is 0.863. The highest BCUT2D eigenvalue weighted by atomic mass is 15.3. The highest BCUT2D eigenvalue weighted by Gasteiger charge is 2.18. The summed E-state index contributed by atoms with van der Waals surface area (Å²) in [7, 11) is 1.99. The zero-order valence-electron chi connectivity index (χ0n) is 10.6. The molecule has 4 heteroatoms. The number of benzene rings is 1. The van der Waals surface area contributed by atoms with Crippen LogP contribution >= 0.6 is 0 Å². The average Bonchev–Trinajstić information content (AvgIpc) is 2.92. The van der Waals surface area contributed by atoms with Crippen LogP contribution in [0.4, 0.5) is 5.69 Å². The molecule has 0 fully saturated rings. The Morgan fingerprint density at radius 2 is 2.06 bits per heavy atom. The van der Waals surface area contributed by atoms with E-state index in [-0.39, 0.29) is 0 Å². The molecule has 0 bridgehead atoms. The molecule has 3 rings (SSSR count). The minimum Gasteiger partial charge on any atom is -0.399 e. The van der Waals surface area contributed by atoms with E-state index in [0.29, 0.717) is 0 Å². The predicted molar refractivity (Wildman–Crippen MR) is 71.9 cm³/mol. The first-order chi connectivity index (χ1) is 8.72. The van der Waals surface area contributed by atoms with Gasteiger partial charge in [0.15, 0.2) is 0 Å². The van der Waals surface area contributed by atoms with Crippen LogP contribution in [0.2, 0.25) is 0 Å². The molecule has 4 nitrogen and oxygen atoms in total. The lowest BCUT2D eigenvalue weighted by molar-refractivity contribution is 0.286. The van der Waals surface area contributed by atoms with Gasteiger partial charge in [-0.25, -0.2) is 0 Å². The highest BCUT2D eigenvalue weighted by molar-refractivity contribution is 5.46. The number of nitrogens with two attached hydrogens (primary N) is 1. The third-order valence-corrected chi connectivity index (χ3v) is 3.62. The summed E-state index contributed by atoms with van der Waals surface area (Å²) in [6.07, 6.45) is 2.90. The lowest BCUT2D eigenvalue weighted by Gasteiger charge is -2.14. The van der Waals surface area contributed by atoms with Crippen molar-refractivity contribution >= 4 is 5.69 Å². The molecule has 0 radical (unpaired) electrons. The van der Waals surface area contributed by atoms with Gasteiger partial charge in [-0.3, -0.25) is 9.58 Å². The number of fused-ring (bicyclic) bond motifs is 1. The lowest BCUT2D eigenvalue weighted by atomic mass is 10.1. The van der Waals surface area contributed by atoms with E-state index in [2.05, 4.69) is 28.2 Å². The van der Waals surface area contributed by atoms with Crippen LogP contribution in [0.5, 0.6) is 0 Å². The summed E-state index contributed by atoms with van der Waals surface area (Å²) in [5, 5.41) is 4.19. The van der Waals surface area contributed by atoms with Crippen LogP contribution in [0, 0.1) is 0 Å². The number of anilines is 1. The van der Waals surface area contributed by atoms with Gasteiger partial charge in [-0.2, -0.15) is 5.10 Å². The van der Waals surface area contributed by atoms with Crippen molar-refractivity contribution in [2.45, 2.75) is 19.5 Å². The first kappa shape index (κ1) is 11.3. The zero-order valence-corrected chi connectivity index (χ0v) is 10.6. The second kappa shape index (κ2) is 4.46. The smallest absolute Gasteiger partial charge is 0.0492 e. The first-order valence-corrected chi connectivity index (χ1v) is 6.29. The van der Waals surface area contributed by atoms with Gasteiger partial charge in [0.2, 0.25) is 0 Å². The number of hydrogen-bond acceptors (Lipinski definition) is 3. The number of rotatable bonds is 3. The molecule has 0 aliphatic carbocycles. The zero-order chi connectivity index (χ0) is 12.5. The largest absolute Gasteiger partial charge is 0.399 e. The van der Waals surface area contributed by atoms with Crippen molar-refractivity contribution in [2.24, 2.45) is 7.05 Å². The maximum Gasteiger partial charge on any atom is 0.0492 e. The Labute approximate surface area is 107 Å². The summed E-state index contributed by atoms with van der Waals surface area (Å²) in [5.41, 5.74) is 10.7. The van der Waals surface area contributed by atoms with Gasteiger partial charge in [0.05, 0.1) is 0 Å². The molecule has 2 heterocycles. The first-order valence-electron chi connectivity index (χ1n) is 6.29. The standard InChI is InChI=1S/C14H18N4/c1-17-14(4-6-16-17)5-7-18-9-11-2-3-13(15)8-12(11)10-18/h2-4,6,8H,5,7,9-10,15H2,1H3. The van der Waals surface area contributed by atoms with Gasteiger partial charge in [-0.05, 0) is 29.3 Å². The quantitative estimate of drug-likeness (QED) is 0.831. The summed E-state index contributed by atoms with van der Waals surface area (Å²) >= 11 is 0. The molecular weight excluding hydrogens is 224 g/mol. The number of hydrogen-bond donors (Lipinski definition) is 1. The fourth-order valence-electron chi connectivity index (χ4n) is 2.56. The van der Waals surface area contributed by atoms with Crippen molar-refractivity contribution in [1.82, 2.24) is 14.7 Å². The molecule has 0 amide bonds. The molecule has 2 aromatic rings. The van der Waals surface area contributed by atoms with E-state index in [1.165, 1.54) is 16.8 Å². The van der Waals surface area contributed by atoms with Gasteiger partial charge in [-0.1, -0.05) is 6.07 Å². The fourth-order valence-corrected chi connectivity index (χ4v) is 2.56. The van der Waals surface area contributed by atoms with Crippen LogP contribution in [-0.2, 0) is 26.6 Å². The molecule has 1 aliphatic heterocycles. The summed E-state index contributed by atoms with van der Waals surface area (Å²) in [6, 6.07) is 8.32. The van der Waals surface area contributed by atoms with Crippen molar-refractivity contribution < 1.29 is 0 Å². The topological polar surface area (TPSA) is 47.1 Å². The van der Waals surface area contributed by atoms with E-state index >= 15 is 0 Å². The van der Waals surface area contributed by atoms with Gasteiger partial charge in [0.1, 0.15) is 0 Å². The molecular formula is C14H18N4. The lowest BCUT2D eigenvalue weighted by Crippen LogP contribution is -2.20. The SMILES string of the molecule is Cn1nccc1CCN1Cc2ccc(N)cc2C1. The molecule has 2 N–H and O–H groups in total. The molecule has 0 saturated carbocycles. The molecule has 0 spiro atoms. The summed E-state index contributed by atoms with van der Waals surface area (Å²) < 4.78 is 1.95. The van der Waals surface area contributed by atoms with Crippen molar-refractivity contribution in [3.63, 3.8) is 0 Å². The number of nitrogen functional groups attached to an aromatic ring is 1. The Hall–Kier alpha value is -1.81. The molecule has 1 aromatic carbocycles. The molecule has 1 aromatic heterocycles. The van der Waals surface area contributed by atoms with Gasteiger partial charge in [-0.15, -0.1) is 0 Å².